The van der Waals surface area contributed by atoms with Crippen LogP contribution in [-0.4, -0.2) is 54.6 Å². The van der Waals surface area contributed by atoms with Crippen molar-refractivity contribution in [3.63, 3.8) is 0 Å². The molecule has 1 saturated heterocycles. The Bertz CT molecular complexity index is 241. The maximum atomic E-state index is 12.1. The van der Waals surface area contributed by atoms with Crippen LogP contribution in [0.2, 0.25) is 0 Å². The van der Waals surface area contributed by atoms with Gasteiger partial charge >= 0.3 is 0 Å². The standard InChI is InChI=1S/C13H27N3O/c1-5-11(4)12-13(17)16(10-14-12)9-8-15(6-2)7-3/h11-12,14H,5-10H2,1-4H3. The van der Waals surface area contributed by atoms with E-state index in [0.29, 0.717) is 5.92 Å². The normalized spacial score (nSPS) is 22.5. The molecule has 1 N–H and O–H groups in total. The minimum atomic E-state index is 0.0386. The first kappa shape index (κ1) is 14.5. The van der Waals surface area contributed by atoms with Crippen molar-refractivity contribution in [3.8, 4) is 0 Å². The number of hydrogen-bond acceptors (Lipinski definition) is 3. The lowest BCUT2D eigenvalue weighted by molar-refractivity contribution is -0.130. The van der Waals surface area contributed by atoms with E-state index in [-0.39, 0.29) is 11.9 Å². The van der Waals surface area contributed by atoms with Crippen LogP contribution in [0.5, 0.6) is 0 Å². The zero-order chi connectivity index (χ0) is 12.8. The molecule has 1 rings (SSSR count). The Morgan fingerprint density at radius 1 is 1.41 bits per heavy atom. The second kappa shape index (κ2) is 6.97. The summed E-state index contributed by atoms with van der Waals surface area (Å²) >= 11 is 0. The van der Waals surface area contributed by atoms with Gasteiger partial charge in [-0.25, -0.2) is 0 Å². The largest absolute Gasteiger partial charge is 0.327 e. The van der Waals surface area contributed by atoms with Crippen LogP contribution in [0, 0.1) is 5.92 Å². The van der Waals surface area contributed by atoms with Crippen molar-refractivity contribution in [3.05, 3.63) is 0 Å². The van der Waals surface area contributed by atoms with Crippen molar-refractivity contribution in [1.29, 1.82) is 0 Å². The zero-order valence-electron chi connectivity index (χ0n) is 11.7. The fourth-order valence-electron chi connectivity index (χ4n) is 2.24. The van der Waals surface area contributed by atoms with E-state index in [2.05, 4.69) is 37.9 Å². The molecule has 0 aliphatic carbocycles. The molecule has 0 aromatic heterocycles. The topological polar surface area (TPSA) is 35.6 Å². The number of carbonyl (C=O) groups is 1. The quantitative estimate of drug-likeness (QED) is 0.726. The Balaban J connectivity index is 2.39. The SMILES string of the molecule is CCC(C)C1NCN(CCN(CC)CC)C1=O. The number of likely N-dealkylation sites (N-methyl/N-ethyl adjacent to an activating group) is 1. The molecule has 0 aromatic rings. The van der Waals surface area contributed by atoms with Crippen LogP contribution >= 0.6 is 0 Å². The molecule has 2 unspecified atom stereocenters. The van der Waals surface area contributed by atoms with Gasteiger partial charge in [0.1, 0.15) is 0 Å². The third kappa shape index (κ3) is 3.68. The Morgan fingerprint density at radius 3 is 2.59 bits per heavy atom. The van der Waals surface area contributed by atoms with Crippen LogP contribution in [0.1, 0.15) is 34.1 Å². The van der Waals surface area contributed by atoms with Crippen molar-refractivity contribution in [2.75, 3.05) is 32.8 Å². The van der Waals surface area contributed by atoms with Crippen LogP contribution in [0.25, 0.3) is 0 Å². The molecule has 17 heavy (non-hydrogen) atoms. The molecule has 4 heteroatoms. The van der Waals surface area contributed by atoms with Gasteiger partial charge in [-0.05, 0) is 19.0 Å². The molecule has 1 amide bonds. The van der Waals surface area contributed by atoms with Gasteiger partial charge in [0.25, 0.3) is 0 Å². The number of nitrogens with one attached hydrogen (secondary N) is 1. The summed E-state index contributed by atoms with van der Waals surface area (Å²) in [5.41, 5.74) is 0. The molecule has 4 nitrogen and oxygen atoms in total. The first-order valence-corrected chi connectivity index (χ1v) is 6.88. The number of amides is 1. The van der Waals surface area contributed by atoms with Crippen LogP contribution < -0.4 is 5.32 Å². The molecular weight excluding hydrogens is 214 g/mol. The van der Waals surface area contributed by atoms with E-state index in [1.807, 2.05) is 4.90 Å². The molecule has 1 aliphatic rings. The van der Waals surface area contributed by atoms with E-state index >= 15 is 0 Å². The van der Waals surface area contributed by atoms with Crippen molar-refractivity contribution < 1.29 is 4.79 Å². The Kier molecular flexibility index (Phi) is 5.92. The second-order valence-corrected chi connectivity index (χ2v) is 4.85. The van der Waals surface area contributed by atoms with Gasteiger partial charge in [0.15, 0.2) is 0 Å². The number of rotatable bonds is 7. The predicted molar refractivity (Wildman–Crippen MR) is 70.7 cm³/mol. The molecular formula is C13H27N3O. The van der Waals surface area contributed by atoms with E-state index in [1.165, 1.54) is 0 Å². The second-order valence-electron chi connectivity index (χ2n) is 4.85. The third-order valence-electron chi connectivity index (χ3n) is 3.87. The maximum Gasteiger partial charge on any atom is 0.241 e. The minimum Gasteiger partial charge on any atom is -0.327 e. The summed E-state index contributed by atoms with van der Waals surface area (Å²) in [6.07, 6.45) is 1.05. The van der Waals surface area contributed by atoms with E-state index in [0.717, 1.165) is 39.3 Å². The lowest BCUT2D eigenvalue weighted by Gasteiger charge is -2.23. The van der Waals surface area contributed by atoms with Crippen molar-refractivity contribution in [2.45, 2.75) is 40.2 Å². The summed E-state index contributed by atoms with van der Waals surface area (Å²) < 4.78 is 0. The third-order valence-corrected chi connectivity index (χ3v) is 3.87. The highest BCUT2D eigenvalue weighted by molar-refractivity contribution is 5.84. The Hall–Kier alpha value is -0.610. The zero-order valence-corrected chi connectivity index (χ0v) is 11.7. The molecule has 0 saturated carbocycles. The molecule has 1 heterocycles. The lowest BCUT2D eigenvalue weighted by atomic mass is 9.99. The van der Waals surface area contributed by atoms with Crippen LogP contribution in [0.4, 0.5) is 0 Å². The van der Waals surface area contributed by atoms with Gasteiger partial charge in [-0.15, -0.1) is 0 Å². The molecule has 1 fully saturated rings. The first-order valence-electron chi connectivity index (χ1n) is 6.88. The highest BCUT2D eigenvalue weighted by Crippen LogP contribution is 2.15. The molecule has 0 radical (unpaired) electrons. The van der Waals surface area contributed by atoms with Crippen LogP contribution in [-0.2, 0) is 4.79 Å². The van der Waals surface area contributed by atoms with Gasteiger partial charge in [-0.3, -0.25) is 10.1 Å². The fourth-order valence-corrected chi connectivity index (χ4v) is 2.24. The maximum absolute atomic E-state index is 12.1. The summed E-state index contributed by atoms with van der Waals surface area (Å²) in [5.74, 6) is 0.715. The summed E-state index contributed by atoms with van der Waals surface area (Å²) in [6, 6.07) is 0.0386. The van der Waals surface area contributed by atoms with Gasteiger partial charge in [0.05, 0.1) is 12.7 Å². The molecule has 0 bridgehead atoms. The van der Waals surface area contributed by atoms with Crippen molar-refractivity contribution >= 4 is 5.91 Å². The average molecular weight is 241 g/mol. The molecule has 0 aromatic carbocycles. The summed E-state index contributed by atoms with van der Waals surface area (Å²) in [5, 5.41) is 3.32. The number of nitrogens with zero attached hydrogens (tertiary/aromatic N) is 2. The molecule has 1 aliphatic heterocycles. The van der Waals surface area contributed by atoms with Crippen molar-refractivity contribution in [2.24, 2.45) is 5.92 Å². The summed E-state index contributed by atoms with van der Waals surface area (Å²) in [7, 11) is 0. The predicted octanol–water partition coefficient (Wildman–Crippen LogP) is 1.13. The van der Waals surface area contributed by atoms with Gasteiger partial charge in [-0.1, -0.05) is 34.1 Å². The van der Waals surface area contributed by atoms with E-state index in [4.69, 9.17) is 0 Å². The average Bonchev–Trinajstić information content (AvgIpc) is 2.71. The lowest BCUT2D eigenvalue weighted by Crippen LogP contribution is -2.39. The van der Waals surface area contributed by atoms with E-state index in [1.54, 1.807) is 0 Å². The Labute approximate surface area is 105 Å². The van der Waals surface area contributed by atoms with Crippen LogP contribution in [0.3, 0.4) is 0 Å². The summed E-state index contributed by atoms with van der Waals surface area (Å²) in [4.78, 5) is 16.4. The van der Waals surface area contributed by atoms with Crippen molar-refractivity contribution in [1.82, 2.24) is 15.1 Å². The highest BCUT2D eigenvalue weighted by atomic mass is 16.2. The number of hydrogen-bond donors (Lipinski definition) is 1. The Morgan fingerprint density at radius 2 is 2.06 bits per heavy atom. The monoisotopic (exact) mass is 241 g/mol. The van der Waals surface area contributed by atoms with Crippen LogP contribution in [0.15, 0.2) is 0 Å². The van der Waals surface area contributed by atoms with Gasteiger partial charge < -0.3 is 9.80 Å². The minimum absolute atomic E-state index is 0.0386. The van der Waals surface area contributed by atoms with Gasteiger partial charge in [0.2, 0.25) is 5.91 Å². The summed E-state index contributed by atoms with van der Waals surface area (Å²) in [6.45, 7) is 13.3. The van der Waals surface area contributed by atoms with Gasteiger partial charge in [0, 0.05) is 13.1 Å². The van der Waals surface area contributed by atoms with E-state index in [9.17, 15) is 4.79 Å². The molecule has 0 spiro atoms. The highest BCUT2D eigenvalue weighted by Gasteiger charge is 2.33. The molecule has 100 valence electrons. The number of carbonyl (C=O) groups excluding carboxylic acids is 1. The molecule has 2 atom stereocenters. The fraction of sp³-hybridized carbons (Fsp3) is 0.923. The van der Waals surface area contributed by atoms with Gasteiger partial charge in [-0.2, -0.15) is 0 Å². The van der Waals surface area contributed by atoms with E-state index < -0.39 is 0 Å². The first-order chi connectivity index (χ1) is 8.13. The smallest absolute Gasteiger partial charge is 0.241 e.